The van der Waals surface area contributed by atoms with Crippen LogP contribution in [-0.4, -0.2) is 16.5 Å². The zero-order valence-corrected chi connectivity index (χ0v) is 13.3. The molecular weight excluding hydrogens is 260 g/mol. The van der Waals surface area contributed by atoms with Gasteiger partial charge in [-0.25, -0.2) is 0 Å². The molecule has 4 aliphatic rings. The lowest BCUT2D eigenvalue weighted by molar-refractivity contribution is -0.116. The molecule has 21 heavy (non-hydrogen) atoms. The van der Waals surface area contributed by atoms with Crippen LogP contribution in [0.1, 0.15) is 58.8 Å². The lowest BCUT2D eigenvalue weighted by Gasteiger charge is -2.53. The van der Waals surface area contributed by atoms with Gasteiger partial charge in [0, 0.05) is 6.42 Å². The summed E-state index contributed by atoms with van der Waals surface area (Å²) < 4.78 is 0. The molecule has 0 unspecified atom stereocenters. The van der Waals surface area contributed by atoms with E-state index in [-0.39, 0.29) is 0 Å². The van der Waals surface area contributed by atoms with Gasteiger partial charge in [0.05, 0.1) is 5.60 Å². The molecule has 116 valence electrons. The summed E-state index contributed by atoms with van der Waals surface area (Å²) in [6.07, 6.45) is 9.61. The second kappa shape index (κ2) is 4.68. The van der Waals surface area contributed by atoms with Crippen LogP contribution in [0.25, 0.3) is 0 Å². The van der Waals surface area contributed by atoms with Gasteiger partial charge in [0.15, 0.2) is 5.78 Å². The molecule has 0 aromatic rings. The van der Waals surface area contributed by atoms with Crippen molar-refractivity contribution < 1.29 is 9.90 Å². The average molecular weight is 288 g/mol. The zero-order chi connectivity index (χ0) is 14.8. The standard InChI is InChI=1S/C19H28O2/c1-11-9-17-15(7-8-19(17,2)21)16-5-3-12-10-13(20)4-6-14(12)18(11)16/h10-11,14-18,21H,3-9H2,1-2H3/t11-,14-,15-,16-,17-,18+,19+/m0/s1. The smallest absolute Gasteiger partial charge is 0.155 e. The number of ketones is 1. The summed E-state index contributed by atoms with van der Waals surface area (Å²) in [6, 6.07) is 0. The lowest BCUT2D eigenvalue weighted by atomic mass is 9.52. The van der Waals surface area contributed by atoms with Gasteiger partial charge in [-0.05, 0) is 87.0 Å². The molecule has 7 atom stereocenters. The van der Waals surface area contributed by atoms with Crippen LogP contribution < -0.4 is 0 Å². The second-order valence-electron chi connectivity index (χ2n) is 8.49. The highest BCUT2D eigenvalue weighted by Crippen LogP contribution is 2.60. The molecule has 4 aliphatic carbocycles. The lowest BCUT2D eigenvalue weighted by Crippen LogP contribution is -2.48. The van der Waals surface area contributed by atoms with Crippen LogP contribution in [0.15, 0.2) is 11.6 Å². The summed E-state index contributed by atoms with van der Waals surface area (Å²) in [5, 5.41) is 10.7. The Labute approximate surface area is 128 Å². The van der Waals surface area contributed by atoms with Crippen LogP contribution in [-0.2, 0) is 4.79 Å². The number of rotatable bonds is 0. The maximum atomic E-state index is 11.7. The largest absolute Gasteiger partial charge is 0.390 e. The Balaban J connectivity index is 1.65. The fourth-order valence-corrected chi connectivity index (χ4v) is 6.51. The van der Waals surface area contributed by atoms with E-state index in [1.807, 2.05) is 6.08 Å². The first-order chi connectivity index (χ1) is 9.97. The fraction of sp³-hybridized carbons (Fsp3) is 0.842. The molecule has 3 fully saturated rings. The van der Waals surface area contributed by atoms with Gasteiger partial charge >= 0.3 is 0 Å². The monoisotopic (exact) mass is 288 g/mol. The average Bonchev–Trinajstić information content (AvgIpc) is 2.74. The predicted octanol–water partition coefficient (Wildman–Crippen LogP) is 3.74. The minimum absolute atomic E-state index is 0.352. The molecule has 0 heterocycles. The summed E-state index contributed by atoms with van der Waals surface area (Å²) in [7, 11) is 0. The molecule has 0 radical (unpaired) electrons. The van der Waals surface area contributed by atoms with Gasteiger partial charge in [-0.15, -0.1) is 0 Å². The fourth-order valence-electron chi connectivity index (χ4n) is 6.51. The van der Waals surface area contributed by atoms with E-state index >= 15 is 0 Å². The van der Waals surface area contributed by atoms with Gasteiger partial charge in [0.2, 0.25) is 0 Å². The van der Waals surface area contributed by atoms with E-state index in [1.165, 1.54) is 24.8 Å². The Bertz CT molecular complexity index is 490. The highest BCUT2D eigenvalue weighted by atomic mass is 16.3. The molecule has 0 spiro atoms. The van der Waals surface area contributed by atoms with Crippen molar-refractivity contribution in [1.29, 1.82) is 0 Å². The zero-order valence-electron chi connectivity index (χ0n) is 13.3. The van der Waals surface area contributed by atoms with Crippen molar-refractivity contribution in [2.24, 2.45) is 35.5 Å². The molecule has 0 aromatic carbocycles. The summed E-state index contributed by atoms with van der Waals surface area (Å²) in [5.41, 5.74) is 1.03. The molecule has 1 N–H and O–H groups in total. The van der Waals surface area contributed by atoms with Crippen molar-refractivity contribution in [2.45, 2.75) is 64.4 Å². The van der Waals surface area contributed by atoms with Crippen molar-refractivity contribution in [1.82, 2.24) is 0 Å². The Morgan fingerprint density at radius 1 is 1.19 bits per heavy atom. The molecule has 0 bridgehead atoms. The van der Waals surface area contributed by atoms with Gasteiger partial charge in [-0.2, -0.15) is 0 Å². The van der Waals surface area contributed by atoms with Crippen LogP contribution in [0.2, 0.25) is 0 Å². The van der Waals surface area contributed by atoms with Crippen molar-refractivity contribution in [3.05, 3.63) is 11.6 Å². The van der Waals surface area contributed by atoms with Gasteiger partial charge < -0.3 is 5.11 Å². The number of fused-ring (bicyclic) bond motifs is 5. The number of aliphatic hydroxyl groups is 1. The third-order valence-corrected chi connectivity index (χ3v) is 7.38. The summed E-state index contributed by atoms with van der Waals surface area (Å²) in [6.45, 7) is 4.47. The SMILES string of the molecule is C[C@H]1C[C@H]2[C@@H](CC[C@@]2(C)O)[C@@H]2CCC3=CC(=O)CC[C@@H]3[C@H]21. The highest BCUT2D eigenvalue weighted by Gasteiger charge is 2.55. The molecule has 0 saturated heterocycles. The summed E-state index contributed by atoms with van der Waals surface area (Å²) in [4.78, 5) is 11.7. The first-order valence-electron chi connectivity index (χ1n) is 8.93. The van der Waals surface area contributed by atoms with Gasteiger partial charge in [-0.3, -0.25) is 4.79 Å². The molecule has 0 aliphatic heterocycles. The van der Waals surface area contributed by atoms with E-state index in [1.54, 1.807) is 0 Å². The van der Waals surface area contributed by atoms with Gasteiger partial charge in [0.25, 0.3) is 0 Å². The first kappa shape index (κ1) is 14.0. The third-order valence-electron chi connectivity index (χ3n) is 7.38. The van der Waals surface area contributed by atoms with E-state index in [2.05, 4.69) is 13.8 Å². The maximum Gasteiger partial charge on any atom is 0.155 e. The third kappa shape index (κ3) is 2.05. The Kier molecular flexibility index (Phi) is 3.12. The number of carbonyl (C=O) groups excluding carboxylic acids is 1. The van der Waals surface area contributed by atoms with E-state index < -0.39 is 5.60 Å². The van der Waals surface area contributed by atoms with Crippen LogP contribution >= 0.6 is 0 Å². The molecule has 2 heteroatoms. The minimum atomic E-state index is -0.428. The minimum Gasteiger partial charge on any atom is -0.390 e. The van der Waals surface area contributed by atoms with Crippen molar-refractivity contribution in [3.63, 3.8) is 0 Å². The van der Waals surface area contributed by atoms with Gasteiger partial charge in [0.1, 0.15) is 0 Å². The maximum absolute atomic E-state index is 11.7. The summed E-state index contributed by atoms with van der Waals surface area (Å²) >= 11 is 0. The topological polar surface area (TPSA) is 37.3 Å². The number of hydrogen-bond donors (Lipinski definition) is 1. The Morgan fingerprint density at radius 3 is 2.81 bits per heavy atom. The van der Waals surface area contributed by atoms with Crippen LogP contribution in [0.3, 0.4) is 0 Å². The Morgan fingerprint density at radius 2 is 2.00 bits per heavy atom. The molecule has 0 aromatic heterocycles. The van der Waals surface area contributed by atoms with E-state index in [0.29, 0.717) is 23.5 Å². The number of allylic oxidation sites excluding steroid dienone is 1. The quantitative estimate of drug-likeness (QED) is 0.737. The second-order valence-corrected chi connectivity index (χ2v) is 8.49. The highest BCUT2D eigenvalue weighted by molar-refractivity contribution is 5.91. The van der Waals surface area contributed by atoms with E-state index in [9.17, 15) is 9.90 Å². The van der Waals surface area contributed by atoms with Crippen LogP contribution in [0.4, 0.5) is 0 Å². The summed E-state index contributed by atoms with van der Waals surface area (Å²) in [5.74, 6) is 4.54. The normalized spacial score (nSPS) is 52.7. The molecule has 4 rings (SSSR count). The number of hydrogen-bond acceptors (Lipinski definition) is 2. The molecule has 2 nitrogen and oxygen atoms in total. The molecule has 3 saturated carbocycles. The van der Waals surface area contributed by atoms with Crippen LogP contribution in [0.5, 0.6) is 0 Å². The van der Waals surface area contributed by atoms with Crippen molar-refractivity contribution in [2.75, 3.05) is 0 Å². The predicted molar refractivity (Wildman–Crippen MR) is 82.6 cm³/mol. The van der Waals surface area contributed by atoms with Crippen molar-refractivity contribution in [3.8, 4) is 0 Å². The molecule has 0 amide bonds. The van der Waals surface area contributed by atoms with Gasteiger partial charge in [-0.1, -0.05) is 12.5 Å². The number of carbonyl (C=O) groups is 1. The molecular formula is C19H28O2. The Hall–Kier alpha value is -0.630. The van der Waals surface area contributed by atoms with Crippen LogP contribution in [0, 0.1) is 35.5 Å². The first-order valence-corrected chi connectivity index (χ1v) is 8.93. The van der Waals surface area contributed by atoms with Crippen molar-refractivity contribution >= 4 is 5.78 Å². The van der Waals surface area contributed by atoms with E-state index in [4.69, 9.17) is 0 Å². The van der Waals surface area contributed by atoms with E-state index in [0.717, 1.165) is 43.4 Å².